The molecule has 18 heavy (non-hydrogen) atoms. The lowest BCUT2D eigenvalue weighted by molar-refractivity contribution is 0.0993. The van der Waals surface area contributed by atoms with E-state index in [0.717, 1.165) is 3.57 Å². The average molecular weight is 353 g/mol. The lowest BCUT2D eigenvalue weighted by atomic mass is 10.2. The number of phenolic OH excluding ortho intramolecular Hbond substituents is 1. The Kier molecular flexibility index (Phi) is 3.86. The number of nitrogens with zero attached hydrogens (tertiary/aromatic N) is 1. The summed E-state index contributed by atoms with van der Waals surface area (Å²) in [5, 5.41) is 9.42. The molecule has 0 bridgehead atoms. The van der Waals surface area contributed by atoms with Crippen LogP contribution in [0.25, 0.3) is 0 Å². The second-order valence-corrected chi connectivity index (χ2v) is 5.14. The molecule has 0 unspecified atom stereocenters. The zero-order valence-electron chi connectivity index (χ0n) is 9.80. The second-order valence-electron chi connectivity index (χ2n) is 3.89. The van der Waals surface area contributed by atoms with Gasteiger partial charge >= 0.3 is 0 Å². The number of aromatic hydroxyl groups is 1. The van der Waals surface area contributed by atoms with Gasteiger partial charge in [-0.1, -0.05) is 12.1 Å². The molecule has 0 saturated carbocycles. The summed E-state index contributed by atoms with van der Waals surface area (Å²) in [4.78, 5) is 13.8. The highest BCUT2D eigenvalue weighted by molar-refractivity contribution is 14.1. The van der Waals surface area contributed by atoms with Gasteiger partial charge in [0.05, 0.1) is 0 Å². The van der Waals surface area contributed by atoms with Crippen molar-refractivity contribution >= 4 is 34.2 Å². The van der Waals surface area contributed by atoms with E-state index in [9.17, 15) is 9.90 Å². The molecule has 2 aromatic rings. The maximum absolute atomic E-state index is 12.2. The Bertz CT molecular complexity index is 584. The van der Waals surface area contributed by atoms with Crippen molar-refractivity contribution in [2.24, 2.45) is 0 Å². The summed E-state index contributed by atoms with van der Waals surface area (Å²) in [6.45, 7) is 0. The third-order valence-electron chi connectivity index (χ3n) is 2.59. The van der Waals surface area contributed by atoms with Gasteiger partial charge < -0.3 is 10.0 Å². The Morgan fingerprint density at radius 3 is 2.56 bits per heavy atom. The summed E-state index contributed by atoms with van der Waals surface area (Å²) in [5.74, 6) is 0.0499. The van der Waals surface area contributed by atoms with E-state index in [-0.39, 0.29) is 11.7 Å². The average Bonchev–Trinajstić information content (AvgIpc) is 2.37. The van der Waals surface area contributed by atoms with Gasteiger partial charge in [0.1, 0.15) is 5.75 Å². The van der Waals surface area contributed by atoms with Crippen LogP contribution in [0.15, 0.2) is 48.5 Å². The van der Waals surface area contributed by atoms with E-state index in [2.05, 4.69) is 22.6 Å². The zero-order valence-corrected chi connectivity index (χ0v) is 12.0. The Balaban J connectivity index is 2.29. The molecule has 4 heteroatoms. The molecule has 0 aromatic heterocycles. The molecular formula is C14H12INO2. The van der Waals surface area contributed by atoms with Gasteiger partial charge in [-0.2, -0.15) is 0 Å². The van der Waals surface area contributed by atoms with Crippen LogP contribution in [0.4, 0.5) is 5.69 Å². The van der Waals surface area contributed by atoms with Crippen molar-refractivity contribution in [3.63, 3.8) is 0 Å². The number of rotatable bonds is 2. The molecular weight excluding hydrogens is 341 g/mol. The van der Waals surface area contributed by atoms with Crippen LogP contribution in [-0.2, 0) is 0 Å². The summed E-state index contributed by atoms with van der Waals surface area (Å²) in [6, 6.07) is 14.0. The number of benzene rings is 2. The third-order valence-corrected chi connectivity index (χ3v) is 3.26. The first kappa shape index (κ1) is 12.9. The smallest absolute Gasteiger partial charge is 0.258 e. The highest BCUT2D eigenvalue weighted by atomic mass is 127. The molecule has 0 aliphatic carbocycles. The lowest BCUT2D eigenvalue weighted by Gasteiger charge is -2.17. The fraction of sp³-hybridized carbons (Fsp3) is 0.0714. The molecule has 0 heterocycles. The minimum atomic E-state index is -0.0980. The number of carbonyl (C=O) groups is 1. The quantitative estimate of drug-likeness (QED) is 0.842. The highest BCUT2D eigenvalue weighted by Gasteiger charge is 2.13. The van der Waals surface area contributed by atoms with E-state index in [4.69, 9.17) is 0 Å². The van der Waals surface area contributed by atoms with Crippen LogP contribution in [0, 0.1) is 3.57 Å². The molecule has 0 aliphatic rings. The van der Waals surface area contributed by atoms with Crippen molar-refractivity contribution < 1.29 is 9.90 Å². The van der Waals surface area contributed by atoms with Crippen molar-refractivity contribution in [2.75, 3.05) is 11.9 Å². The van der Waals surface area contributed by atoms with Gasteiger partial charge in [-0.15, -0.1) is 0 Å². The molecule has 1 N–H and O–H groups in total. The van der Waals surface area contributed by atoms with E-state index < -0.39 is 0 Å². The molecule has 92 valence electrons. The van der Waals surface area contributed by atoms with Gasteiger partial charge in [-0.3, -0.25) is 4.79 Å². The minimum Gasteiger partial charge on any atom is -0.508 e. The maximum Gasteiger partial charge on any atom is 0.258 e. The van der Waals surface area contributed by atoms with Crippen molar-refractivity contribution in [3.8, 4) is 5.75 Å². The topological polar surface area (TPSA) is 40.5 Å². The molecule has 0 radical (unpaired) electrons. The van der Waals surface area contributed by atoms with E-state index in [1.54, 1.807) is 37.4 Å². The standard InChI is InChI=1S/C14H12INO2/c1-16(12-6-3-7-13(17)9-12)14(18)10-4-2-5-11(15)8-10/h2-9,17H,1H3. The Labute approximate surface area is 119 Å². The van der Waals surface area contributed by atoms with Crippen molar-refractivity contribution in [3.05, 3.63) is 57.7 Å². The Morgan fingerprint density at radius 2 is 1.89 bits per heavy atom. The largest absolute Gasteiger partial charge is 0.508 e. The number of hydrogen-bond donors (Lipinski definition) is 1. The van der Waals surface area contributed by atoms with Crippen LogP contribution < -0.4 is 4.90 Å². The first-order valence-corrected chi connectivity index (χ1v) is 6.48. The summed E-state index contributed by atoms with van der Waals surface area (Å²) >= 11 is 2.17. The molecule has 3 nitrogen and oxygen atoms in total. The monoisotopic (exact) mass is 353 g/mol. The van der Waals surface area contributed by atoms with Crippen LogP contribution in [0.3, 0.4) is 0 Å². The number of phenols is 1. The number of hydrogen-bond acceptors (Lipinski definition) is 2. The normalized spacial score (nSPS) is 10.1. The molecule has 1 amide bonds. The fourth-order valence-electron chi connectivity index (χ4n) is 1.63. The summed E-state index contributed by atoms with van der Waals surface area (Å²) in [5.41, 5.74) is 1.30. The molecule has 2 aromatic carbocycles. The molecule has 0 atom stereocenters. The van der Waals surface area contributed by atoms with E-state index in [1.807, 2.05) is 18.2 Å². The van der Waals surface area contributed by atoms with E-state index >= 15 is 0 Å². The van der Waals surface area contributed by atoms with Crippen LogP contribution in [0.1, 0.15) is 10.4 Å². The van der Waals surface area contributed by atoms with Crippen LogP contribution >= 0.6 is 22.6 Å². The number of carbonyl (C=O) groups excluding carboxylic acids is 1. The van der Waals surface area contributed by atoms with Gasteiger partial charge in [0.15, 0.2) is 0 Å². The number of halogens is 1. The van der Waals surface area contributed by atoms with Gasteiger partial charge in [-0.25, -0.2) is 0 Å². The predicted octanol–water partition coefficient (Wildman–Crippen LogP) is 3.27. The van der Waals surface area contributed by atoms with E-state index in [1.165, 1.54) is 4.90 Å². The second kappa shape index (κ2) is 5.39. The first-order chi connectivity index (χ1) is 8.58. The summed E-state index contributed by atoms with van der Waals surface area (Å²) < 4.78 is 1.02. The number of amides is 1. The predicted molar refractivity (Wildman–Crippen MR) is 80.0 cm³/mol. The SMILES string of the molecule is CN(C(=O)c1cccc(I)c1)c1cccc(O)c1. The van der Waals surface area contributed by atoms with Crippen molar-refractivity contribution in [2.45, 2.75) is 0 Å². The number of anilines is 1. The van der Waals surface area contributed by atoms with Gasteiger partial charge in [0.2, 0.25) is 0 Å². The van der Waals surface area contributed by atoms with Crippen LogP contribution in [-0.4, -0.2) is 18.1 Å². The van der Waals surface area contributed by atoms with Crippen molar-refractivity contribution in [1.82, 2.24) is 0 Å². The van der Waals surface area contributed by atoms with Gasteiger partial charge in [0.25, 0.3) is 5.91 Å². The lowest BCUT2D eigenvalue weighted by Crippen LogP contribution is -2.26. The zero-order chi connectivity index (χ0) is 13.1. The molecule has 2 rings (SSSR count). The highest BCUT2D eigenvalue weighted by Crippen LogP contribution is 2.21. The van der Waals surface area contributed by atoms with Crippen LogP contribution in [0.5, 0.6) is 5.75 Å². The Hall–Kier alpha value is -1.56. The van der Waals surface area contributed by atoms with E-state index in [0.29, 0.717) is 11.3 Å². The molecule has 0 saturated heterocycles. The maximum atomic E-state index is 12.2. The fourth-order valence-corrected chi connectivity index (χ4v) is 2.18. The van der Waals surface area contributed by atoms with Crippen LogP contribution in [0.2, 0.25) is 0 Å². The summed E-state index contributed by atoms with van der Waals surface area (Å²) in [7, 11) is 1.69. The molecule has 0 aliphatic heterocycles. The van der Waals surface area contributed by atoms with Gasteiger partial charge in [0, 0.05) is 27.9 Å². The van der Waals surface area contributed by atoms with Crippen molar-refractivity contribution in [1.29, 1.82) is 0 Å². The van der Waals surface area contributed by atoms with Gasteiger partial charge in [-0.05, 0) is 52.9 Å². The molecule has 0 fully saturated rings. The summed E-state index contributed by atoms with van der Waals surface area (Å²) in [6.07, 6.45) is 0. The molecule has 0 spiro atoms. The first-order valence-electron chi connectivity index (χ1n) is 5.40. The Morgan fingerprint density at radius 1 is 1.17 bits per heavy atom. The minimum absolute atomic E-state index is 0.0980. The third kappa shape index (κ3) is 2.81.